The summed E-state index contributed by atoms with van der Waals surface area (Å²) in [5.74, 6) is 2.25. The molecule has 0 radical (unpaired) electrons. The third-order valence-electron chi connectivity index (χ3n) is 5.42. The smallest absolute Gasteiger partial charge is 0.229 e. The van der Waals surface area contributed by atoms with Crippen LogP contribution in [-0.2, 0) is 6.54 Å². The van der Waals surface area contributed by atoms with Gasteiger partial charge in [-0.05, 0) is 43.2 Å². The molecule has 4 nitrogen and oxygen atoms in total. The predicted molar refractivity (Wildman–Crippen MR) is 87.7 cm³/mol. The van der Waals surface area contributed by atoms with Crippen molar-refractivity contribution in [3.63, 3.8) is 0 Å². The molecule has 23 heavy (non-hydrogen) atoms. The van der Waals surface area contributed by atoms with Crippen LogP contribution < -0.4 is 0 Å². The summed E-state index contributed by atoms with van der Waals surface area (Å²) >= 11 is 0. The summed E-state index contributed by atoms with van der Waals surface area (Å²) in [5.41, 5.74) is 2.88. The molecule has 2 aliphatic heterocycles. The largest absolute Gasteiger partial charge is 0.339 e. The maximum absolute atomic E-state index is 5.41. The lowest BCUT2D eigenvalue weighted by molar-refractivity contribution is 0.195. The van der Waals surface area contributed by atoms with Crippen LogP contribution >= 0.6 is 0 Å². The molecule has 2 unspecified atom stereocenters. The van der Waals surface area contributed by atoms with Crippen molar-refractivity contribution in [2.24, 2.45) is 0 Å². The van der Waals surface area contributed by atoms with E-state index in [0.29, 0.717) is 18.0 Å². The Morgan fingerprint density at radius 3 is 2.74 bits per heavy atom. The monoisotopic (exact) mass is 307 g/mol. The van der Waals surface area contributed by atoms with Crippen molar-refractivity contribution in [2.45, 2.75) is 56.7 Å². The highest BCUT2D eigenvalue weighted by atomic mass is 16.5. The summed E-state index contributed by atoms with van der Waals surface area (Å²) in [6, 6.07) is 11.9. The van der Waals surface area contributed by atoms with Gasteiger partial charge in [-0.15, -0.1) is 0 Å². The SMILES string of the molecule is C1=C(c2ccccc2)CC2CCC1N2Cc1noc(C2CC2)n1. The Morgan fingerprint density at radius 1 is 1.09 bits per heavy atom. The number of rotatable bonds is 4. The molecule has 1 saturated carbocycles. The van der Waals surface area contributed by atoms with Crippen molar-refractivity contribution in [3.8, 4) is 0 Å². The molecule has 2 bridgehead atoms. The van der Waals surface area contributed by atoms with Crippen molar-refractivity contribution < 1.29 is 4.52 Å². The minimum absolute atomic E-state index is 0.520. The minimum atomic E-state index is 0.520. The van der Waals surface area contributed by atoms with E-state index in [1.165, 1.54) is 36.8 Å². The van der Waals surface area contributed by atoms with Gasteiger partial charge in [-0.2, -0.15) is 4.98 Å². The van der Waals surface area contributed by atoms with Gasteiger partial charge in [-0.3, -0.25) is 4.90 Å². The Kier molecular flexibility index (Phi) is 3.11. The lowest BCUT2D eigenvalue weighted by Gasteiger charge is -2.33. The molecule has 5 rings (SSSR count). The third-order valence-corrected chi connectivity index (χ3v) is 5.42. The van der Waals surface area contributed by atoms with Gasteiger partial charge in [0.05, 0.1) is 6.54 Å². The van der Waals surface area contributed by atoms with Gasteiger partial charge in [0, 0.05) is 18.0 Å². The van der Waals surface area contributed by atoms with Gasteiger partial charge in [-0.25, -0.2) is 0 Å². The summed E-state index contributed by atoms with van der Waals surface area (Å²) in [5, 5.41) is 4.20. The van der Waals surface area contributed by atoms with Crippen LogP contribution in [0.3, 0.4) is 0 Å². The summed E-state index contributed by atoms with van der Waals surface area (Å²) in [6.45, 7) is 0.824. The maximum Gasteiger partial charge on any atom is 0.229 e. The zero-order valence-corrected chi connectivity index (χ0v) is 13.2. The Labute approximate surface area is 136 Å². The molecule has 1 saturated heterocycles. The van der Waals surface area contributed by atoms with Gasteiger partial charge in [0.15, 0.2) is 5.82 Å². The predicted octanol–water partition coefficient (Wildman–Crippen LogP) is 3.77. The van der Waals surface area contributed by atoms with Gasteiger partial charge in [0.25, 0.3) is 0 Å². The molecule has 2 aromatic rings. The lowest BCUT2D eigenvalue weighted by Crippen LogP contribution is -2.38. The van der Waals surface area contributed by atoms with Crippen LogP contribution in [0.25, 0.3) is 5.57 Å². The Hall–Kier alpha value is -1.94. The summed E-state index contributed by atoms with van der Waals surface area (Å²) < 4.78 is 5.41. The van der Waals surface area contributed by atoms with Crippen molar-refractivity contribution in [1.29, 1.82) is 0 Å². The Balaban J connectivity index is 1.35. The number of fused-ring (bicyclic) bond motifs is 2. The highest BCUT2D eigenvalue weighted by molar-refractivity contribution is 5.68. The summed E-state index contributed by atoms with van der Waals surface area (Å²) in [7, 11) is 0. The average molecular weight is 307 g/mol. The average Bonchev–Trinajstić information content (AvgIpc) is 3.30. The first kappa shape index (κ1) is 13.5. The van der Waals surface area contributed by atoms with Crippen molar-refractivity contribution >= 4 is 5.57 Å². The quantitative estimate of drug-likeness (QED) is 0.862. The van der Waals surface area contributed by atoms with Crippen LogP contribution in [0.2, 0.25) is 0 Å². The lowest BCUT2D eigenvalue weighted by atomic mass is 9.95. The van der Waals surface area contributed by atoms with Crippen LogP contribution in [-0.4, -0.2) is 27.1 Å². The second kappa shape index (κ2) is 5.31. The number of nitrogens with zero attached hydrogens (tertiary/aromatic N) is 3. The number of hydrogen-bond acceptors (Lipinski definition) is 4. The first-order valence-corrected chi connectivity index (χ1v) is 8.71. The van der Waals surface area contributed by atoms with Crippen LogP contribution in [0.15, 0.2) is 40.9 Å². The Morgan fingerprint density at radius 2 is 1.96 bits per heavy atom. The van der Waals surface area contributed by atoms with E-state index in [2.05, 4.69) is 51.4 Å². The Bertz CT molecular complexity index is 732. The van der Waals surface area contributed by atoms with E-state index >= 15 is 0 Å². The number of benzene rings is 1. The molecule has 2 atom stereocenters. The molecule has 0 amide bonds. The zero-order chi connectivity index (χ0) is 15.2. The molecule has 1 aromatic carbocycles. The molecular formula is C19H21N3O. The van der Waals surface area contributed by atoms with Crippen molar-refractivity contribution in [1.82, 2.24) is 15.0 Å². The third kappa shape index (κ3) is 2.51. The van der Waals surface area contributed by atoms with Gasteiger partial charge < -0.3 is 4.52 Å². The van der Waals surface area contributed by atoms with Gasteiger partial charge >= 0.3 is 0 Å². The summed E-state index contributed by atoms with van der Waals surface area (Å²) in [6.07, 6.45) is 8.52. The highest BCUT2D eigenvalue weighted by Gasteiger charge is 2.38. The molecule has 4 heteroatoms. The van der Waals surface area contributed by atoms with E-state index in [1.807, 2.05) is 0 Å². The normalized spacial score (nSPS) is 27.2. The van der Waals surface area contributed by atoms with E-state index in [0.717, 1.165) is 24.7 Å². The zero-order valence-electron chi connectivity index (χ0n) is 13.2. The number of aromatic nitrogens is 2. The van der Waals surface area contributed by atoms with Gasteiger partial charge in [0.1, 0.15) is 0 Å². The van der Waals surface area contributed by atoms with Crippen LogP contribution in [0.1, 0.15) is 55.3 Å². The van der Waals surface area contributed by atoms with E-state index in [-0.39, 0.29) is 0 Å². The molecule has 0 spiro atoms. The van der Waals surface area contributed by atoms with Crippen LogP contribution in [0.5, 0.6) is 0 Å². The second-order valence-electron chi connectivity index (χ2n) is 7.06. The molecule has 2 fully saturated rings. The highest BCUT2D eigenvalue weighted by Crippen LogP contribution is 2.40. The summed E-state index contributed by atoms with van der Waals surface area (Å²) in [4.78, 5) is 7.16. The topological polar surface area (TPSA) is 42.2 Å². The number of hydrogen-bond donors (Lipinski definition) is 0. The fourth-order valence-electron chi connectivity index (χ4n) is 4.02. The molecular weight excluding hydrogens is 286 g/mol. The fourth-order valence-corrected chi connectivity index (χ4v) is 4.02. The molecule has 3 aliphatic rings. The van der Waals surface area contributed by atoms with Crippen molar-refractivity contribution in [2.75, 3.05) is 0 Å². The standard InChI is InChI=1S/C19H21N3O/c1-2-4-13(5-3-1)15-10-16-8-9-17(11-15)22(16)12-18-20-19(23-21-18)14-6-7-14/h1-5,10,14,16-17H,6-9,11-12H2. The fraction of sp³-hybridized carbons (Fsp3) is 0.474. The molecule has 118 valence electrons. The molecule has 1 aromatic heterocycles. The minimum Gasteiger partial charge on any atom is -0.339 e. The first-order chi connectivity index (χ1) is 11.4. The molecule has 3 heterocycles. The van der Waals surface area contributed by atoms with E-state index in [4.69, 9.17) is 4.52 Å². The van der Waals surface area contributed by atoms with Gasteiger partial charge in [-0.1, -0.05) is 41.6 Å². The van der Waals surface area contributed by atoms with E-state index in [9.17, 15) is 0 Å². The van der Waals surface area contributed by atoms with Crippen molar-refractivity contribution in [3.05, 3.63) is 53.7 Å². The van der Waals surface area contributed by atoms with Crippen LogP contribution in [0, 0.1) is 0 Å². The van der Waals surface area contributed by atoms with Crippen LogP contribution in [0.4, 0.5) is 0 Å². The van der Waals surface area contributed by atoms with E-state index in [1.54, 1.807) is 0 Å². The maximum atomic E-state index is 5.41. The first-order valence-electron chi connectivity index (χ1n) is 8.71. The second-order valence-corrected chi connectivity index (χ2v) is 7.06. The van der Waals surface area contributed by atoms with E-state index < -0.39 is 0 Å². The van der Waals surface area contributed by atoms with Gasteiger partial charge in [0.2, 0.25) is 5.89 Å². The molecule has 1 aliphatic carbocycles. The molecule has 0 N–H and O–H groups in total.